The van der Waals surface area contributed by atoms with Crippen LogP contribution in [0.2, 0.25) is 0 Å². The molecule has 2 N–H and O–H groups in total. The first kappa shape index (κ1) is 14.2. The van der Waals surface area contributed by atoms with Gasteiger partial charge in [0, 0.05) is 19.4 Å². The Bertz CT molecular complexity index is 372. The van der Waals surface area contributed by atoms with E-state index in [9.17, 15) is 13.2 Å². The van der Waals surface area contributed by atoms with E-state index in [-0.39, 0.29) is 18.6 Å². The molecule has 0 aromatic carbocycles. The highest BCUT2D eigenvalue weighted by atomic mass is 32.2. The number of amides is 2. The second-order valence-electron chi connectivity index (χ2n) is 4.92. The average molecular weight is 264 g/mol. The van der Waals surface area contributed by atoms with Crippen LogP contribution in [0.5, 0.6) is 0 Å². The lowest BCUT2D eigenvalue weighted by Crippen LogP contribution is -2.49. The Morgan fingerprint density at radius 2 is 2.12 bits per heavy atom. The maximum atomic E-state index is 11.5. The maximum Gasteiger partial charge on any atom is 0.315 e. The van der Waals surface area contributed by atoms with Gasteiger partial charge in [0.1, 0.15) is 0 Å². The number of hydrogen-bond acceptors (Lipinski definition) is 4. The summed E-state index contributed by atoms with van der Waals surface area (Å²) in [5.41, 5.74) is 0. The molecule has 1 atom stereocenters. The van der Waals surface area contributed by atoms with Crippen LogP contribution in [0.25, 0.3) is 0 Å². The molecule has 0 aromatic rings. The standard InChI is InChI=1S/C10H20N2O4S/c1-10(2,17(3,14)15)7-11-9(13)12-8-4-5-16-6-8/h8H,4-7H2,1-3H3,(H2,11,12,13). The van der Waals surface area contributed by atoms with Crippen LogP contribution in [0.15, 0.2) is 0 Å². The van der Waals surface area contributed by atoms with Crippen LogP contribution in [0.1, 0.15) is 20.3 Å². The number of carbonyl (C=O) groups excluding carboxylic acids is 1. The van der Waals surface area contributed by atoms with Crippen LogP contribution in [0.3, 0.4) is 0 Å². The van der Waals surface area contributed by atoms with Crippen molar-refractivity contribution in [1.29, 1.82) is 0 Å². The minimum Gasteiger partial charge on any atom is -0.379 e. The minimum absolute atomic E-state index is 0.0244. The van der Waals surface area contributed by atoms with Gasteiger partial charge in [-0.05, 0) is 20.3 Å². The molecule has 7 heteroatoms. The molecule has 0 aliphatic carbocycles. The van der Waals surface area contributed by atoms with Crippen molar-refractivity contribution >= 4 is 15.9 Å². The summed E-state index contributed by atoms with van der Waals surface area (Å²) in [7, 11) is -3.19. The second-order valence-corrected chi connectivity index (χ2v) is 7.57. The summed E-state index contributed by atoms with van der Waals surface area (Å²) in [4.78, 5) is 11.5. The van der Waals surface area contributed by atoms with Crippen molar-refractivity contribution in [3.05, 3.63) is 0 Å². The summed E-state index contributed by atoms with van der Waals surface area (Å²) in [6, 6.07) is -0.325. The molecule has 6 nitrogen and oxygen atoms in total. The van der Waals surface area contributed by atoms with Gasteiger partial charge in [-0.2, -0.15) is 0 Å². The normalized spacial score (nSPS) is 21.2. The fourth-order valence-electron chi connectivity index (χ4n) is 1.31. The van der Waals surface area contributed by atoms with Crippen molar-refractivity contribution in [3.8, 4) is 0 Å². The van der Waals surface area contributed by atoms with Gasteiger partial charge in [0.2, 0.25) is 0 Å². The second kappa shape index (κ2) is 5.22. The lowest BCUT2D eigenvalue weighted by Gasteiger charge is -2.23. The first-order chi connectivity index (χ1) is 7.72. The summed E-state index contributed by atoms with van der Waals surface area (Å²) in [5.74, 6) is 0. The highest BCUT2D eigenvalue weighted by Gasteiger charge is 2.30. The summed E-state index contributed by atoms with van der Waals surface area (Å²) in [6.07, 6.45) is 1.96. The van der Waals surface area contributed by atoms with Gasteiger partial charge in [-0.15, -0.1) is 0 Å². The van der Waals surface area contributed by atoms with Gasteiger partial charge in [0.25, 0.3) is 0 Å². The van der Waals surface area contributed by atoms with E-state index in [1.165, 1.54) is 0 Å². The monoisotopic (exact) mass is 264 g/mol. The SMILES string of the molecule is CC(C)(CNC(=O)NC1CCOC1)S(C)(=O)=O. The molecule has 0 spiro atoms. The van der Waals surface area contributed by atoms with Crippen LogP contribution in [-0.4, -0.2) is 51.3 Å². The van der Waals surface area contributed by atoms with Gasteiger partial charge in [-0.25, -0.2) is 13.2 Å². The molecule has 0 aromatic heterocycles. The fraction of sp³-hybridized carbons (Fsp3) is 0.900. The molecule has 2 amide bonds. The van der Waals surface area contributed by atoms with Crippen molar-refractivity contribution in [2.45, 2.75) is 31.1 Å². The fourth-order valence-corrected chi connectivity index (χ4v) is 1.64. The van der Waals surface area contributed by atoms with E-state index in [1.54, 1.807) is 13.8 Å². The predicted molar refractivity (Wildman–Crippen MR) is 64.7 cm³/mol. The van der Waals surface area contributed by atoms with E-state index in [1.807, 2.05) is 0 Å². The zero-order chi connectivity index (χ0) is 13.1. The molecule has 100 valence electrons. The zero-order valence-electron chi connectivity index (χ0n) is 10.4. The van der Waals surface area contributed by atoms with Gasteiger partial charge in [-0.3, -0.25) is 0 Å². The van der Waals surface area contributed by atoms with Crippen LogP contribution in [0.4, 0.5) is 4.79 Å². The Hall–Kier alpha value is -0.820. The van der Waals surface area contributed by atoms with E-state index in [0.717, 1.165) is 12.7 Å². The molecule has 1 aliphatic rings. The number of ether oxygens (including phenoxy) is 1. The Labute approximate surface area is 102 Å². The van der Waals surface area contributed by atoms with Gasteiger partial charge < -0.3 is 15.4 Å². The molecule has 1 unspecified atom stereocenters. The third kappa shape index (κ3) is 4.16. The third-order valence-corrected chi connectivity index (χ3v) is 5.10. The number of hydrogen-bond donors (Lipinski definition) is 2. The number of nitrogens with one attached hydrogen (secondary N) is 2. The molecule has 0 bridgehead atoms. The average Bonchev–Trinajstić information content (AvgIpc) is 2.66. The summed E-state index contributed by atoms with van der Waals surface area (Å²) in [6.45, 7) is 4.43. The van der Waals surface area contributed by atoms with Crippen LogP contribution < -0.4 is 10.6 Å². The molecular weight excluding hydrogens is 244 g/mol. The minimum atomic E-state index is -3.19. The topological polar surface area (TPSA) is 84.5 Å². The molecular formula is C10H20N2O4S. The molecule has 0 radical (unpaired) electrons. The van der Waals surface area contributed by atoms with Gasteiger partial charge in [0.15, 0.2) is 9.84 Å². The van der Waals surface area contributed by atoms with Crippen molar-refractivity contribution in [2.75, 3.05) is 26.0 Å². The number of urea groups is 1. The van der Waals surface area contributed by atoms with E-state index < -0.39 is 14.6 Å². The highest BCUT2D eigenvalue weighted by Crippen LogP contribution is 2.13. The smallest absolute Gasteiger partial charge is 0.315 e. The summed E-state index contributed by atoms with van der Waals surface area (Å²) in [5, 5.41) is 5.30. The van der Waals surface area contributed by atoms with Crippen molar-refractivity contribution < 1.29 is 17.9 Å². The number of rotatable bonds is 4. The van der Waals surface area contributed by atoms with E-state index >= 15 is 0 Å². The Morgan fingerprint density at radius 3 is 2.59 bits per heavy atom. The van der Waals surface area contributed by atoms with Crippen molar-refractivity contribution in [2.24, 2.45) is 0 Å². The molecule has 1 fully saturated rings. The van der Waals surface area contributed by atoms with Gasteiger partial charge in [-0.1, -0.05) is 0 Å². The molecule has 17 heavy (non-hydrogen) atoms. The lowest BCUT2D eigenvalue weighted by atomic mass is 10.2. The molecule has 1 saturated heterocycles. The van der Waals surface area contributed by atoms with Gasteiger partial charge >= 0.3 is 6.03 Å². The zero-order valence-corrected chi connectivity index (χ0v) is 11.3. The summed E-state index contributed by atoms with van der Waals surface area (Å²) >= 11 is 0. The molecule has 1 aliphatic heterocycles. The molecule has 0 saturated carbocycles. The lowest BCUT2D eigenvalue weighted by molar-refractivity contribution is 0.188. The molecule has 1 rings (SSSR count). The maximum absolute atomic E-state index is 11.5. The Kier molecular flexibility index (Phi) is 4.37. The van der Waals surface area contributed by atoms with E-state index in [0.29, 0.717) is 13.2 Å². The Morgan fingerprint density at radius 1 is 1.47 bits per heavy atom. The first-order valence-electron chi connectivity index (χ1n) is 5.54. The Balaban J connectivity index is 2.37. The predicted octanol–water partition coefficient (Wildman–Crippen LogP) is -0.102. The highest BCUT2D eigenvalue weighted by molar-refractivity contribution is 7.92. The third-order valence-electron chi connectivity index (χ3n) is 2.94. The van der Waals surface area contributed by atoms with E-state index in [4.69, 9.17) is 4.74 Å². The van der Waals surface area contributed by atoms with Crippen molar-refractivity contribution in [1.82, 2.24) is 10.6 Å². The number of carbonyl (C=O) groups is 1. The first-order valence-corrected chi connectivity index (χ1v) is 7.43. The molecule has 1 heterocycles. The van der Waals surface area contributed by atoms with Gasteiger partial charge in [0.05, 0.1) is 17.4 Å². The number of sulfone groups is 1. The van der Waals surface area contributed by atoms with Crippen LogP contribution >= 0.6 is 0 Å². The van der Waals surface area contributed by atoms with Crippen molar-refractivity contribution in [3.63, 3.8) is 0 Å². The largest absolute Gasteiger partial charge is 0.379 e. The van der Waals surface area contributed by atoms with E-state index in [2.05, 4.69) is 10.6 Å². The van der Waals surface area contributed by atoms with Crippen LogP contribution in [-0.2, 0) is 14.6 Å². The quantitative estimate of drug-likeness (QED) is 0.742. The summed E-state index contributed by atoms with van der Waals surface area (Å²) < 4.78 is 27.0. The van der Waals surface area contributed by atoms with Crippen LogP contribution in [0, 0.1) is 0 Å².